The third-order valence-corrected chi connectivity index (χ3v) is 7.20. The predicted octanol–water partition coefficient (Wildman–Crippen LogP) is 5.95. The summed E-state index contributed by atoms with van der Waals surface area (Å²) in [6.07, 6.45) is 0. The number of benzene rings is 4. The second-order valence-electron chi connectivity index (χ2n) is 9.16. The van der Waals surface area contributed by atoms with Gasteiger partial charge in [0, 0.05) is 24.2 Å². The number of carbonyl (C=O) groups excluding carboxylic acids is 1. The third kappa shape index (κ3) is 2.75. The van der Waals surface area contributed by atoms with Crippen molar-refractivity contribution in [1.82, 2.24) is 4.98 Å². The van der Waals surface area contributed by atoms with Crippen LogP contribution in [0.15, 0.2) is 101 Å². The van der Waals surface area contributed by atoms with E-state index < -0.39 is 5.41 Å². The van der Waals surface area contributed by atoms with E-state index in [0.717, 1.165) is 33.5 Å². The second kappa shape index (κ2) is 7.31. The van der Waals surface area contributed by atoms with Gasteiger partial charge in [-0.25, -0.2) is 4.98 Å². The number of para-hydroxylation sites is 1. The first-order valence-corrected chi connectivity index (χ1v) is 11.7. The molecule has 2 aliphatic rings. The topological polar surface area (TPSA) is 55.6 Å². The maximum atomic E-state index is 14.7. The normalized spacial score (nSPS) is 18.3. The number of oxazole rings is 1. The molecule has 0 bridgehead atoms. The van der Waals surface area contributed by atoms with E-state index in [1.165, 1.54) is 0 Å². The largest absolute Gasteiger partial charge is 0.491 e. The average Bonchev–Trinajstić information content (AvgIpc) is 3.52. The van der Waals surface area contributed by atoms with Gasteiger partial charge in [-0.3, -0.25) is 9.69 Å². The van der Waals surface area contributed by atoms with E-state index in [2.05, 4.69) is 35.3 Å². The number of rotatable bonds is 3. The zero-order valence-corrected chi connectivity index (χ0v) is 19.1. The van der Waals surface area contributed by atoms with Gasteiger partial charge in [0.05, 0.1) is 6.04 Å². The Labute approximate surface area is 202 Å². The molecule has 1 aromatic heterocycles. The molecule has 2 aliphatic heterocycles. The van der Waals surface area contributed by atoms with E-state index in [-0.39, 0.29) is 18.6 Å². The summed E-state index contributed by atoms with van der Waals surface area (Å²) in [5, 5.41) is 0. The quantitative estimate of drug-likeness (QED) is 0.335. The van der Waals surface area contributed by atoms with Crippen LogP contribution in [0.25, 0.3) is 11.1 Å². The maximum Gasteiger partial charge on any atom is 0.246 e. The highest BCUT2D eigenvalue weighted by Gasteiger charge is 2.58. The summed E-state index contributed by atoms with van der Waals surface area (Å²) in [5.74, 6) is 1.28. The Kier molecular flexibility index (Phi) is 4.18. The number of ether oxygens (including phenoxy) is 1. The lowest BCUT2D eigenvalue weighted by Crippen LogP contribution is -2.44. The van der Waals surface area contributed by atoms with Crippen LogP contribution in [0.3, 0.4) is 0 Å². The van der Waals surface area contributed by atoms with Gasteiger partial charge in [-0.05, 0) is 28.8 Å². The van der Waals surface area contributed by atoms with E-state index in [1.54, 1.807) is 0 Å². The van der Waals surface area contributed by atoms with Crippen molar-refractivity contribution in [3.8, 4) is 5.75 Å². The molecular weight excluding hydrogens is 436 g/mol. The summed E-state index contributed by atoms with van der Waals surface area (Å²) in [5.41, 5.74) is 5.26. The molecule has 3 heterocycles. The molecule has 1 amide bonds. The molecule has 0 N–H and O–H groups in total. The summed E-state index contributed by atoms with van der Waals surface area (Å²) >= 11 is 0. The SMILES string of the molecule is Cc1nc2cc3c(cc2o1)C1(CO3)C(=O)N(C(c2ccccc2)c2ccccc2)c2ccccc21. The van der Waals surface area contributed by atoms with Crippen LogP contribution >= 0.6 is 0 Å². The van der Waals surface area contributed by atoms with Gasteiger partial charge in [0.2, 0.25) is 5.91 Å². The highest BCUT2D eigenvalue weighted by atomic mass is 16.5. The van der Waals surface area contributed by atoms with Gasteiger partial charge in [-0.1, -0.05) is 78.9 Å². The van der Waals surface area contributed by atoms with E-state index >= 15 is 0 Å². The van der Waals surface area contributed by atoms with Crippen molar-refractivity contribution in [3.63, 3.8) is 0 Å². The molecule has 5 aromatic rings. The summed E-state index contributed by atoms with van der Waals surface area (Å²) < 4.78 is 12.0. The van der Waals surface area contributed by atoms with Crippen molar-refractivity contribution in [2.75, 3.05) is 11.5 Å². The molecule has 0 fully saturated rings. The van der Waals surface area contributed by atoms with Gasteiger partial charge in [0.15, 0.2) is 11.5 Å². The first-order valence-electron chi connectivity index (χ1n) is 11.7. The molecule has 1 spiro atoms. The number of nitrogens with zero attached hydrogens (tertiary/aromatic N) is 2. The minimum Gasteiger partial charge on any atom is -0.491 e. The Bertz CT molecular complexity index is 1550. The maximum absolute atomic E-state index is 14.7. The van der Waals surface area contributed by atoms with Crippen LogP contribution in [-0.2, 0) is 10.2 Å². The van der Waals surface area contributed by atoms with E-state index in [4.69, 9.17) is 9.15 Å². The van der Waals surface area contributed by atoms with Crippen LogP contribution in [0.2, 0.25) is 0 Å². The van der Waals surface area contributed by atoms with Gasteiger partial charge in [0.1, 0.15) is 23.3 Å². The zero-order valence-electron chi connectivity index (χ0n) is 19.1. The van der Waals surface area contributed by atoms with Crippen molar-refractivity contribution in [3.05, 3.63) is 125 Å². The van der Waals surface area contributed by atoms with E-state index in [9.17, 15) is 4.79 Å². The number of hydrogen-bond donors (Lipinski definition) is 0. The number of anilines is 1. The van der Waals surface area contributed by atoms with Gasteiger partial charge >= 0.3 is 0 Å². The highest BCUT2D eigenvalue weighted by molar-refractivity contribution is 6.12. The smallest absolute Gasteiger partial charge is 0.246 e. The Morgan fingerprint density at radius 1 is 0.857 bits per heavy atom. The lowest BCUT2D eigenvalue weighted by atomic mass is 9.77. The van der Waals surface area contributed by atoms with Crippen LogP contribution in [0.5, 0.6) is 5.75 Å². The van der Waals surface area contributed by atoms with Gasteiger partial charge in [0.25, 0.3) is 0 Å². The standard InChI is InChI=1S/C30H22N2O3/c1-19-31-24-17-26-23(16-27(24)35-19)30(18-34-26)22-14-8-9-15-25(22)32(29(30)33)28(20-10-4-2-5-11-20)21-12-6-3-7-13-21/h2-17,28H,18H2,1H3. The van der Waals surface area contributed by atoms with Gasteiger partial charge < -0.3 is 9.15 Å². The first kappa shape index (κ1) is 20.0. The van der Waals surface area contributed by atoms with Crippen molar-refractivity contribution < 1.29 is 13.9 Å². The number of fused-ring (bicyclic) bond motifs is 5. The van der Waals surface area contributed by atoms with Crippen LogP contribution < -0.4 is 9.64 Å². The molecule has 0 radical (unpaired) electrons. The van der Waals surface area contributed by atoms with Crippen LogP contribution in [0.1, 0.15) is 34.2 Å². The van der Waals surface area contributed by atoms with Crippen molar-refractivity contribution >= 4 is 22.7 Å². The fraction of sp³-hybridized carbons (Fsp3) is 0.133. The zero-order chi connectivity index (χ0) is 23.6. The van der Waals surface area contributed by atoms with Gasteiger partial charge in [-0.2, -0.15) is 0 Å². The summed E-state index contributed by atoms with van der Waals surface area (Å²) in [4.78, 5) is 21.1. The first-order chi connectivity index (χ1) is 17.2. The van der Waals surface area contributed by atoms with Crippen molar-refractivity contribution in [2.45, 2.75) is 18.4 Å². The molecule has 4 aromatic carbocycles. The lowest BCUT2D eigenvalue weighted by molar-refractivity contribution is -0.122. The number of aromatic nitrogens is 1. The Balaban J connectivity index is 1.47. The van der Waals surface area contributed by atoms with Crippen molar-refractivity contribution in [2.24, 2.45) is 0 Å². The molecule has 1 unspecified atom stereocenters. The fourth-order valence-electron chi connectivity index (χ4n) is 5.68. The predicted molar refractivity (Wildman–Crippen MR) is 134 cm³/mol. The molecule has 1 atom stereocenters. The number of carbonyl (C=O) groups is 1. The molecule has 0 saturated heterocycles. The second-order valence-corrected chi connectivity index (χ2v) is 9.16. The van der Waals surface area contributed by atoms with E-state index in [1.807, 2.05) is 78.6 Å². The van der Waals surface area contributed by atoms with Crippen LogP contribution in [0, 0.1) is 6.92 Å². The van der Waals surface area contributed by atoms with E-state index in [0.29, 0.717) is 17.2 Å². The number of aryl methyl sites for hydroxylation is 1. The lowest BCUT2D eigenvalue weighted by Gasteiger charge is -2.31. The monoisotopic (exact) mass is 458 g/mol. The molecule has 35 heavy (non-hydrogen) atoms. The Hall–Kier alpha value is -4.38. The highest BCUT2D eigenvalue weighted by Crippen LogP contribution is 2.55. The average molecular weight is 459 g/mol. The molecule has 5 heteroatoms. The molecule has 0 saturated carbocycles. The summed E-state index contributed by atoms with van der Waals surface area (Å²) in [7, 11) is 0. The third-order valence-electron chi connectivity index (χ3n) is 7.20. The molecule has 7 rings (SSSR count). The molecule has 170 valence electrons. The minimum absolute atomic E-state index is 0.00532. The number of amides is 1. The molecule has 0 aliphatic carbocycles. The Morgan fingerprint density at radius 2 is 1.51 bits per heavy atom. The molecule has 5 nitrogen and oxygen atoms in total. The van der Waals surface area contributed by atoms with Gasteiger partial charge in [-0.15, -0.1) is 0 Å². The summed E-state index contributed by atoms with van der Waals surface area (Å²) in [6.45, 7) is 2.07. The van der Waals surface area contributed by atoms with Crippen LogP contribution in [0.4, 0.5) is 5.69 Å². The minimum atomic E-state index is -0.942. The summed E-state index contributed by atoms with van der Waals surface area (Å²) in [6, 6.07) is 32.0. The van der Waals surface area contributed by atoms with Crippen LogP contribution in [-0.4, -0.2) is 17.5 Å². The number of hydrogen-bond acceptors (Lipinski definition) is 4. The Morgan fingerprint density at radius 3 is 2.23 bits per heavy atom. The fourth-order valence-corrected chi connectivity index (χ4v) is 5.68. The molecular formula is C30H22N2O3. The van der Waals surface area contributed by atoms with Crippen molar-refractivity contribution in [1.29, 1.82) is 0 Å².